The first-order chi connectivity index (χ1) is 4.02. The molecule has 0 heterocycles. The number of rotatable bonds is 1. The third-order valence-electron chi connectivity index (χ3n) is 2.45. The minimum absolute atomic E-state index is 0.0690. The van der Waals surface area contributed by atoms with E-state index in [4.69, 9.17) is 5.73 Å². The Morgan fingerprint density at radius 3 is 2.00 bits per heavy atom. The third kappa shape index (κ3) is 0.897. The topological polar surface area (TPSA) is 26.0 Å². The van der Waals surface area contributed by atoms with E-state index in [1.54, 1.807) is 0 Å². The maximum absolute atomic E-state index is 5.88. The number of hydrogen-bond acceptors (Lipinski definition) is 1. The van der Waals surface area contributed by atoms with Gasteiger partial charge in [-0.05, 0) is 20.3 Å². The van der Waals surface area contributed by atoms with Crippen molar-refractivity contribution in [3.8, 4) is 0 Å². The molecule has 2 N–H and O–H groups in total. The fourth-order valence-electron chi connectivity index (χ4n) is 1.34. The van der Waals surface area contributed by atoms with Crippen LogP contribution in [0.1, 0.15) is 27.2 Å². The molecule has 0 bridgehead atoms. The summed E-state index contributed by atoms with van der Waals surface area (Å²) in [5.74, 6) is 0. The lowest BCUT2D eigenvalue weighted by atomic mass is 10.0. The highest BCUT2D eigenvalue weighted by Gasteiger charge is 2.56. The van der Waals surface area contributed by atoms with E-state index in [1.165, 1.54) is 0 Å². The molecule has 0 unspecified atom stereocenters. The van der Waals surface area contributed by atoms with Crippen molar-refractivity contribution in [1.29, 1.82) is 0 Å². The molecule has 0 aromatic heterocycles. The van der Waals surface area contributed by atoms with Crippen molar-refractivity contribution in [1.82, 2.24) is 0 Å². The van der Waals surface area contributed by atoms with Crippen LogP contribution in [0, 0.1) is 5.41 Å². The fourth-order valence-corrected chi connectivity index (χ4v) is 1.34. The molecule has 0 spiro atoms. The Labute approximate surface area is 56.9 Å². The van der Waals surface area contributed by atoms with Crippen LogP contribution in [0.3, 0.4) is 0 Å². The van der Waals surface area contributed by atoms with Crippen LogP contribution < -0.4 is 5.73 Å². The quantitative estimate of drug-likeness (QED) is 0.530. The summed E-state index contributed by atoms with van der Waals surface area (Å²) in [6, 6.07) is 0. The summed E-state index contributed by atoms with van der Waals surface area (Å²) in [6.07, 6.45) is 5.41. The number of hydrogen-bond donors (Lipinski definition) is 1. The molecule has 1 rings (SSSR count). The van der Waals surface area contributed by atoms with Crippen molar-refractivity contribution in [2.24, 2.45) is 11.1 Å². The van der Waals surface area contributed by atoms with Gasteiger partial charge in [-0.3, -0.25) is 0 Å². The van der Waals surface area contributed by atoms with Gasteiger partial charge in [0.05, 0.1) is 0 Å². The van der Waals surface area contributed by atoms with Gasteiger partial charge in [-0.1, -0.05) is 19.1 Å². The zero-order valence-corrected chi connectivity index (χ0v) is 6.44. The lowest BCUT2D eigenvalue weighted by Crippen LogP contribution is -2.23. The molecule has 0 saturated heterocycles. The first-order valence-electron chi connectivity index (χ1n) is 3.45. The van der Waals surface area contributed by atoms with Crippen molar-refractivity contribution in [2.75, 3.05) is 0 Å². The molecule has 1 nitrogen and oxygen atoms in total. The van der Waals surface area contributed by atoms with Gasteiger partial charge in [-0.15, -0.1) is 0 Å². The molecule has 0 aliphatic heterocycles. The molecule has 9 heavy (non-hydrogen) atoms. The molecule has 1 heteroatoms. The van der Waals surface area contributed by atoms with E-state index in [-0.39, 0.29) is 5.54 Å². The molecular weight excluding hydrogens is 110 g/mol. The second kappa shape index (κ2) is 1.60. The molecule has 0 aromatic carbocycles. The molecule has 1 fully saturated rings. The van der Waals surface area contributed by atoms with Gasteiger partial charge in [0.25, 0.3) is 0 Å². The van der Waals surface area contributed by atoms with Gasteiger partial charge in [0, 0.05) is 11.0 Å². The van der Waals surface area contributed by atoms with Gasteiger partial charge in [0.1, 0.15) is 0 Å². The second-order valence-corrected chi connectivity index (χ2v) is 3.51. The Morgan fingerprint density at radius 2 is 1.89 bits per heavy atom. The Hall–Kier alpha value is -0.300. The summed E-state index contributed by atoms with van der Waals surface area (Å²) < 4.78 is 0. The van der Waals surface area contributed by atoms with Crippen LogP contribution >= 0.6 is 0 Å². The lowest BCUT2D eigenvalue weighted by Gasteiger charge is -2.07. The van der Waals surface area contributed by atoms with E-state index in [0.717, 1.165) is 6.42 Å². The van der Waals surface area contributed by atoms with Gasteiger partial charge in [-0.2, -0.15) is 0 Å². The normalized spacial score (nSPS) is 50.2. The molecule has 0 aromatic rings. The predicted octanol–water partition coefficient (Wildman–Crippen LogP) is 1.69. The first-order valence-corrected chi connectivity index (χ1v) is 3.45. The van der Waals surface area contributed by atoms with Crippen LogP contribution in [0.25, 0.3) is 0 Å². The summed E-state index contributed by atoms with van der Waals surface area (Å²) in [6.45, 7) is 6.35. The Kier molecular flexibility index (Phi) is 1.21. The van der Waals surface area contributed by atoms with Gasteiger partial charge in [0.2, 0.25) is 0 Å². The van der Waals surface area contributed by atoms with Crippen LogP contribution in [0.15, 0.2) is 12.2 Å². The molecule has 0 amide bonds. The number of allylic oxidation sites excluding steroid dienone is 1. The fraction of sp³-hybridized carbons (Fsp3) is 0.750. The van der Waals surface area contributed by atoms with E-state index in [9.17, 15) is 0 Å². The molecule has 1 aliphatic carbocycles. The van der Waals surface area contributed by atoms with Gasteiger partial charge in [0.15, 0.2) is 0 Å². The maximum atomic E-state index is 5.88. The van der Waals surface area contributed by atoms with Crippen molar-refractivity contribution < 1.29 is 0 Å². The summed E-state index contributed by atoms with van der Waals surface area (Å²) in [4.78, 5) is 0. The second-order valence-electron chi connectivity index (χ2n) is 3.51. The van der Waals surface area contributed by atoms with Crippen molar-refractivity contribution in [3.63, 3.8) is 0 Å². The first kappa shape index (κ1) is 6.81. The molecule has 2 atom stereocenters. The molecule has 1 aliphatic rings. The SMILES string of the molecule is C/C=C/[C@]1(C)C[C@@]1(C)N. The Bertz CT molecular complexity index is 147. The summed E-state index contributed by atoms with van der Waals surface area (Å²) >= 11 is 0. The highest BCUT2D eigenvalue weighted by Crippen LogP contribution is 2.54. The van der Waals surface area contributed by atoms with E-state index >= 15 is 0 Å². The average Bonchev–Trinajstić information content (AvgIpc) is 2.07. The van der Waals surface area contributed by atoms with Crippen molar-refractivity contribution in [3.05, 3.63) is 12.2 Å². The Morgan fingerprint density at radius 1 is 1.44 bits per heavy atom. The minimum atomic E-state index is 0.0690. The maximum Gasteiger partial charge on any atom is 0.0224 e. The standard InChI is InChI=1S/C8H15N/c1-4-5-7(2)6-8(7,3)9/h4-5H,6,9H2,1-3H3/b5-4+/t7-,8-/m1/s1. The van der Waals surface area contributed by atoms with Crippen LogP contribution in [0.2, 0.25) is 0 Å². The van der Waals surface area contributed by atoms with Crippen LogP contribution in [-0.2, 0) is 0 Å². The zero-order chi connectivity index (χ0) is 7.12. The smallest absolute Gasteiger partial charge is 0.0224 e. The highest BCUT2D eigenvalue weighted by molar-refractivity contribution is 5.23. The number of nitrogens with two attached hydrogens (primary N) is 1. The minimum Gasteiger partial charge on any atom is -0.325 e. The zero-order valence-electron chi connectivity index (χ0n) is 6.44. The third-order valence-corrected chi connectivity index (χ3v) is 2.45. The van der Waals surface area contributed by atoms with E-state index in [1.807, 2.05) is 6.92 Å². The van der Waals surface area contributed by atoms with Crippen molar-refractivity contribution >= 4 is 0 Å². The Balaban J connectivity index is 2.63. The monoisotopic (exact) mass is 125 g/mol. The summed E-state index contributed by atoms with van der Waals surface area (Å²) in [5.41, 5.74) is 6.24. The lowest BCUT2D eigenvalue weighted by molar-refractivity contribution is 0.581. The average molecular weight is 125 g/mol. The van der Waals surface area contributed by atoms with Gasteiger partial charge in [-0.25, -0.2) is 0 Å². The molecular formula is C8H15N. The van der Waals surface area contributed by atoms with Crippen LogP contribution in [0.4, 0.5) is 0 Å². The van der Waals surface area contributed by atoms with E-state index < -0.39 is 0 Å². The molecule has 52 valence electrons. The van der Waals surface area contributed by atoms with Crippen LogP contribution in [-0.4, -0.2) is 5.54 Å². The van der Waals surface area contributed by atoms with E-state index in [0.29, 0.717) is 5.41 Å². The van der Waals surface area contributed by atoms with Crippen molar-refractivity contribution in [2.45, 2.75) is 32.7 Å². The van der Waals surface area contributed by atoms with Crippen LogP contribution in [0.5, 0.6) is 0 Å². The summed E-state index contributed by atoms with van der Waals surface area (Å²) in [5, 5.41) is 0. The largest absolute Gasteiger partial charge is 0.325 e. The van der Waals surface area contributed by atoms with Gasteiger partial charge < -0.3 is 5.73 Å². The van der Waals surface area contributed by atoms with E-state index in [2.05, 4.69) is 26.0 Å². The molecule has 0 radical (unpaired) electrons. The highest BCUT2D eigenvalue weighted by atomic mass is 14.9. The summed E-state index contributed by atoms with van der Waals surface area (Å²) in [7, 11) is 0. The van der Waals surface area contributed by atoms with Gasteiger partial charge >= 0.3 is 0 Å². The molecule has 1 saturated carbocycles. The predicted molar refractivity (Wildman–Crippen MR) is 40.1 cm³/mol.